The number of thiocarbonyl (C=S) groups is 1. The van der Waals surface area contributed by atoms with Crippen molar-refractivity contribution in [3.63, 3.8) is 0 Å². The summed E-state index contributed by atoms with van der Waals surface area (Å²) in [5.41, 5.74) is 1.48. The first kappa shape index (κ1) is 17.9. The van der Waals surface area contributed by atoms with Crippen LogP contribution in [0.25, 0.3) is 0 Å². The second kappa shape index (κ2) is 8.31. The van der Waals surface area contributed by atoms with E-state index in [9.17, 15) is 4.79 Å². The summed E-state index contributed by atoms with van der Waals surface area (Å²) in [6, 6.07) is 0.0863. The van der Waals surface area contributed by atoms with Gasteiger partial charge >= 0.3 is 5.97 Å². The van der Waals surface area contributed by atoms with E-state index in [0.717, 1.165) is 10.4 Å². The summed E-state index contributed by atoms with van der Waals surface area (Å²) in [6.07, 6.45) is 0. The molecule has 0 aromatic carbocycles. The van der Waals surface area contributed by atoms with Gasteiger partial charge in [0.1, 0.15) is 5.00 Å². The molecule has 0 unspecified atom stereocenters. The molecule has 0 bridgehead atoms. The molecule has 1 atom stereocenters. The maximum Gasteiger partial charge on any atom is 0.341 e. The molecule has 0 aliphatic carbocycles. The van der Waals surface area contributed by atoms with Crippen LogP contribution in [0.5, 0.6) is 0 Å². The second-order valence-corrected chi connectivity index (χ2v) is 6.30. The number of thiophene rings is 1. The molecule has 21 heavy (non-hydrogen) atoms. The SMILES string of the molecule is CCOC(=O)c1c(NC(=S)N[C@@H](C)COC)sc(C)c1C. The van der Waals surface area contributed by atoms with Gasteiger partial charge in [-0.1, -0.05) is 0 Å². The van der Waals surface area contributed by atoms with Crippen molar-refractivity contribution in [1.29, 1.82) is 0 Å². The van der Waals surface area contributed by atoms with Crippen LogP contribution >= 0.6 is 23.6 Å². The Balaban J connectivity index is 2.85. The predicted molar refractivity (Wildman–Crippen MR) is 90.4 cm³/mol. The minimum Gasteiger partial charge on any atom is -0.462 e. The van der Waals surface area contributed by atoms with E-state index in [0.29, 0.717) is 28.9 Å². The summed E-state index contributed by atoms with van der Waals surface area (Å²) in [7, 11) is 1.64. The zero-order valence-corrected chi connectivity index (χ0v) is 14.7. The molecular formula is C14H22N2O3S2. The molecule has 7 heteroatoms. The maximum absolute atomic E-state index is 12.1. The third kappa shape index (κ3) is 4.94. The molecule has 0 fully saturated rings. The lowest BCUT2D eigenvalue weighted by Gasteiger charge is -2.16. The topological polar surface area (TPSA) is 59.6 Å². The fourth-order valence-electron chi connectivity index (χ4n) is 1.82. The first-order valence-corrected chi connectivity index (χ1v) is 7.96. The number of methoxy groups -OCH3 is 1. The molecule has 1 rings (SSSR count). The van der Waals surface area contributed by atoms with Crippen molar-refractivity contribution in [1.82, 2.24) is 5.32 Å². The molecular weight excluding hydrogens is 308 g/mol. The van der Waals surface area contributed by atoms with Gasteiger partial charge < -0.3 is 20.1 Å². The van der Waals surface area contributed by atoms with Crippen molar-refractivity contribution in [2.75, 3.05) is 25.6 Å². The van der Waals surface area contributed by atoms with Gasteiger partial charge in [-0.3, -0.25) is 0 Å². The monoisotopic (exact) mass is 330 g/mol. The summed E-state index contributed by atoms with van der Waals surface area (Å²) in [6.45, 7) is 8.54. The fraction of sp³-hybridized carbons (Fsp3) is 0.571. The van der Waals surface area contributed by atoms with E-state index in [1.54, 1.807) is 14.0 Å². The number of anilines is 1. The number of nitrogens with one attached hydrogen (secondary N) is 2. The standard InChI is InChI=1S/C14H22N2O3S2/c1-6-19-13(17)11-9(3)10(4)21-12(11)16-14(20)15-8(2)7-18-5/h8H,6-7H2,1-5H3,(H2,15,16,20)/t8-/m0/s1. The van der Waals surface area contributed by atoms with Gasteiger partial charge in [0.2, 0.25) is 0 Å². The first-order chi connectivity index (χ1) is 9.90. The quantitative estimate of drug-likeness (QED) is 0.618. The lowest BCUT2D eigenvalue weighted by atomic mass is 10.1. The Morgan fingerprint density at radius 2 is 2.10 bits per heavy atom. The Bertz CT molecular complexity index is 515. The van der Waals surface area contributed by atoms with Crippen LogP contribution in [0.15, 0.2) is 0 Å². The molecule has 0 radical (unpaired) electrons. The summed E-state index contributed by atoms with van der Waals surface area (Å²) in [4.78, 5) is 13.1. The molecule has 0 spiro atoms. The average molecular weight is 330 g/mol. The second-order valence-electron chi connectivity index (χ2n) is 4.66. The first-order valence-electron chi connectivity index (χ1n) is 6.74. The number of carbonyl (C=O) groups is 1. The van der Waals surface area contributed by atoms with Crippen molar-refractivity contribution in [2.24, 2.45) is 0 Å². The van der Waals surface area contributed by atoms with Crippen molar-refractivity contribution >= 4 is 39.6 Å². The van der Waals surface area contributed by atoms with Crippen LogP contribution in [-0.4, -0.2) is 37.4 Å². The van der Waals surface area contributed by atoms with E-state index in [4.69, 9.17) is 21.7 Å². The number of hydrogen-bond acceptors (Lipinski definition) is 5. The molecule has 1 heterocycles. The van der Waals surface area contributed by atoms with Crippen LogP contribution in [-0.2, 0) is 9.47 Å². The zero-order chi connectivity index (χ0) is 16.0. The van der Waals surface area contributed by atoms with Crippen LogP contribution in [0.1, 0.15) is 34.6 Å². The Morgan fingerprint density at radius 3 is 2.67 bits per heavy atom. The lowest BCUT2D eigenvalue weighted by Crippen LogP contribution is -2.38. The maximum atomic E-state index is 12.1. The number of ether oxygens (including phenoxy) is 2. The Hall–Kier alpha value is -1.18. The third-order valence-corrected chi connectivity index (χ3v) is 4.23. The molecule has 0 aliphatic rings. The van der Waals surface area contributed by atoms with Gasteiger partial charge in [0.05, 0.1) is 18.8 Å². The van der Waals surface area contributed by atoms with Gasteiger partial charge in [-0.2, -0.15) is 0 Å². The van der Waals surface area contributed by atoms with Gasteiger partial charge in [0, 0.05) is 18.0 Å². The highest BCUT2D eigenvalue weighted by Gasteiger charge is 2.21. The number of hydrogen-bond donors (Lipinski definition) is 2. The molecule has 1 aromatic rings. The normalized spacial score (nSPS) is 11.9. The smallest absolute Gasteiger partial charge is 0.341 e. The largest absolute Gasteiger partial charge is 0.462 e. The van der Waals surface area contributed by atoms with E-state index in [2.05, 4.69) is 10.6 Å². The summed E-state index contributed by atoms with van der Waals surface area (Å²) >= 11 is 6.76. The molecule has 5 nitrogen and oxygen atoms in total. The number of carbonyl (C=O) groups excluding carboxylic acids is 1. The number of rotatable bonds is 6. The molecule has 118 valence electrons. The van der Waals surface area contributed by atoms with Gasteiger partial charge in [-0.25, -0.2) is 4.79 Å². The van der Waals surface area contributed by atoms with E-state index in [1.807, 2.05) is 20.8 Å². The van der Waals surface area contributed by atoms with Crippen LogP contribution in [0, 0.1) is 13.8 Å². The van der Waals surface area contributed by atoms with E-state index in [-0.39, 0.29) is 12.0 Å². The van der Waals surface area contributed by atoms with Gasteiger partial charge in [-0.15, -0.1) is 11.3 Å². The zero-order valence-electron chi connectivity index (χ0n) is 13.0. The van der Waals surface area contributed by atoms with Gasteiger partial charge in [-0.05, 0) is 45.5 Å². The predicted octanol–water partition coefficient (Wildman–Crippen LogP) is 2.86. The van der Waals surface area contributed by atoms with E-state index < -0.39 is 0 Å². The summed E-state index contributed by atoms with van der Waals surface area (Å²) < 4.78 is 10.2. The van der Waals surface area contributed by atoms with Gasteiger partial charge in [0.25, 0.3) is 0 Å². The highest BCUT2D eigenvalue weighted by Crippen LogP contribution is 2.32. The van der Waals surface area contributed by atoms with Crippen LogP contribution < -0.4 is 10.6 Å². The molecule has 2 N–H and O–H groups in total. The Kier molecular flexibility index (Phi) is 7.07. The van der Waals surface area contributed by atoms with Crippen molar-refractivity contribution in [3.8, 4) is 0 Å². The van der Waals surface area contributed by atoms with E-state index >= 15 is 0 Å². The molecule has 0 aliphatic heterocycles. The van der Waals surface area contributed by atoms with Crippen LogP contribution in [0.3, 0.4) is 0 Å². The average Bonchev–Trinajstić information content (AvgIpc) is 2.64. The lowest BCUT2D eigenvalue weighted by molar-refractivity contribution is 0.0527. The minimum absolute atomic E-state index is 0.0863. The number of aryl methyl sites for hydroxylation is 1. The Labute approximate surface area is 135 Å². The highest BCUT2D eigenvalue weighted by molar-refractivity contribution is 7.80. The molecule has 1 aromatic heterocycles. The minimum atomic E-state index is -0.324. The van der Waals surface area contributed by atoms with Crippen molar-refractivity contribution in [3.05, 3.63) is 16.0 Å². The molecule has 0 saturated heterocycles. The Morgan fingerprint density at radius 1 is 1.43 bits per heavy atom. The highest BCUT2D eigenvalue weighted by atomic mass is 32.1. The summed E-state index contributed by atoms with van der Waals surface area (Å²) in [5, 5.41) is 7.37. The van der Waals surface area contributed by atoms with Crippen LogP contribution in [0.2, 0.25) is 0 Å². The summed E-state index contributed by atoms with van der Waals surface area (Å²) in [5.74, 6) is -0.324. The molecule has 0 saturated carbocycles. The van der Waals surface area contributed by atoms with E-state index in [1.165, 1.54) is 11.3 Å². The van der Waals surface area contributed by atoms with Crippen molar-refractivity contribution < 1.29 is 14.3 Å². The van der Waals surface area contributed by atoms with Gasteiger partial charge in [0.15, 0.2) is 5.11 Å². The third-order valence-electron chi connectivity index (χ3n) is 2.89. The molecule has 0 amide bonds. The fourth-order valence-corrected chi connectivity index (χ4v) is 3.24. The van der Waals surface area contributed by atoms with Crippen molar-refractivity contribution in [2.45, 2.75) is 33.7 Å². The number of esters is 1. The van der Waals surface area contributed by atoms with Crippen LogP contribution in [0.4, 0.5) is 5.00 Å².